The standard InChI is InChI=1S/C14H23N3OS.ClH/c15-9-8-13-17-12(10-19-13)14(18)16-11-6-4-2-1-3-5-7-11;/h10-11H,1-9,15H2,(H,16,18);1H. The van der Waals surface area contributed by atoms with Gasteiger partial charge in [-0.1, -0.05) is 32.1 Å². The van der Waals surface area contributed by atoms with Gasteiger partial charge in [-0.05, 0) is 19.4 Å². The van der Waals surface area contributed by atoms with E-state index in [-0.39, 0.29) is 18.3 Å². The molecule has 1 aliphatic carbocycles. The van der Waals surface area contributed by atoms with Crippen molar-refractivity contribution in [2.24, 2.45) is 5.73 Å². The lowest BCUT2D eigenvalue weighted by atomic mass is 9.97. The van der Waals surface area contributed by atoms with Crippen LogP contribution in [0, 0.1) is 0 Å². The summed E-state index contributed by atoms with van der Waals surface area (Å²) in [7, 11) is 0. The molecule has 3 N–H and O–H groups in total. The molecule has 114 valence electrons. The first-order chi connectivity index (χ1) is 9.29. The van der Waals surface area contributed by atoms with Gasteiger partial charge in [-0.25, -0.2) is 4.98 Å². The smallest absolute Gasteiger partial charge is 0.270 e. The van der Waals surface area contributed by atoms with Gasteiger partial charge in [0.2, 0.25) is 0 Å². The van der Waals surface area contributed by atoms with Crippen LogP contribution in [-0.2, 0) is 6.42 Å². The normalized spacial score (nSPS) is 16.9. The highest BCUT2D eigenvalue weighted by molar-refractivity contribution is 7.09. The molecule has 1 amide bonds. The second-order valence-electron chi connectivity index (χ2n) is 5.18. The second-order valence-corrected chi connectivity index (χ2v) is 6.12. The molecule has 0 radical (unpaired) electrons. The summed E-state index contributed by atoms with van der Waals surface area (Å²) in [5.74, 6) is -0.0231. The highest BCUT2D eigenvalue weighted by Crippen LogP contribution is 2.18. The summed E-state index contributed by atoms with van der Waals surface area (Å²) in [5.41, 5.74) is 6.04. The summed E-state index contributed by atoms with van der Waals surface area (Å²) in [5, 5.41) is 5.92. The Balaban J connectivity index is 0.00000200. The van der Waals surface area contributed by atoms with E-state index in [1.54, 1.807) is 0 Å². The summed E-state index contributed by atoms with van der Waals surface area (Å²) in [6.07, 6.45) is 9.34. The number of rotatable bonds is 4. The second kappa shape index (κ2) is 9.32. The maximum atomic E-state index is 12.1. The van der Waals surface area contributed by atoms with Gasteiger partial charge in [0, 0.05) is 17.8 Å². The fourth-order valence-electron chi connectivity index (χ4n) is 2.51. The summed E-state index contributed by atoms with van der Waals surface area (Å²) >= 11 is 1.52. The van der Waals surface area contributed by atoms with Crippen molar-refractivity contribution in [3.05, 3.63) is 16.1 Å². The third-order valence-corrected chi connectivity index (χ3v) is 4.49. The average molecular weight is 318 g/mol. The van der Waals surface area contributed by atoms with Crippen molar-refractivity contribution >= 4 is 29.7 Å². The van der Waals surface area contributed by atoms with Crippen LogP contribution in [-0.4, -0.2) is 23.5 Å². The Hall–Kier alpha value is -0.650. The van der Waals surface area contributed by atoms with Crippen molar-refractivity contribution in [1.29, 1.82) is 0 Å². The lowest BCUT2D eigenvalue weighted by Gasteiger charge is -2.20. The number of carbonyl (C=O) groups excluding carboxylic acids is 1. The van der Waals surface area contributed by atoms with E-state index >= 15 is 0 Å². The molecule has 0 aliphatic heterocycles. The molecule has 0 spiro atoms. The van der Waals surface area contributed by atoms with Crippen molar-refractivity contribution in [3.63, 3.8) is 0 Å². The predicted octanol–water partition coefficient (Wildman–Crippen LogP) is 2.91. The number of nitrogens with zero attached hydrogens (tertiary/aromatic N) is 1. The molecule has 0 bridgehead atoms. The Bertz CT molecular complexity index is 403. The zero-order valence-electron chi connectivity index (χ0n) is 11.8. The minimum absolute atomic E-state index is 0. The highest BCUT2D eigenvalue weighted by Gasteiger charge is 2.17. The van der Waals surface area contributed by atoms with Crippen molar-refractivity contribution in [3.8, 4) is 0 Å². The number of aromatic nitrogens is 1. The van der Waals surface area contributed by atoms with Crippen LogP contribution in [0.15, 0.2) is 5.38 Å². The number of nitrogens with two attached hydrogens (primary N) is 1. The van der Waals surface area contributed by atoms with E-state index in [2.05, 4.69) is 10.3 Å². The van der Waals surface area contributed by atoms with E-state index in [4.69, 9.17) is 5.73 Å². The minimum atomic E-state index is -0.0231. The van der Waals surface area contributed by atoms with Crippen LogP contribution >= 0.6 is 23.7 Å². The Labute approximate surface area is 131 Å². The van der Waals surface area contributed by atoms with Gasteiger partial charge in [0.1, 0.15) is 5.69 Å². The number of halogens is 1. The lowest BCUT2D eigenvalue weighted by Crippen LogP contribution is -2.35. The largest absolute Gasteiger partial charge is 0.348 e. The van der Waals surface area contributed by atoms with E-state index in [0.29, 0.717) is 18.3 Å². The highest BCUT2D eigenvalue weighted by atomic mass is 35.5. The Morgan fingerprint density at radius 1 is 1.30 bits per heavy atom. The van der Waals surface area contributed by atoms with Crippen LogP contribution in [0.25, 0.3) is 0 Å². The van der Waals surface area contributed by atoms with Crippen LogP contribution in [0.3, 0.4) is 0 Å². The number of amides is 1. The maximum Gasteiger partial charge on any atom is 0.270 e. The van der Waals surface area contributed by atoms with Crippen molar-refractivity contribution in [1.82, 2.24) is 10.3 Å². The Kier molecular flexibility index (Phi) is 8.11. The van der Waals surface area contributed by atoms with Gasteiger partial charge in [-0.15, -0.1) is 23.7 Å². The molecule has 1 saturated carbocycles. The van der Waals surface area contributed by atoms with Gasteiger partial charge in [-0.3, -0.25) is 4.79 Å². The molecule has 0 saturated heterocycles. The number of carbonyl (C=O) groups is 1. The van der Waals surface area contributed by atoms with Gasteiger partial charge in [-0.2, -0.15) is 0 Å². The molecule has 0 aromatic carbocycles. The summed E-state index contributed by atoms with van der Waals surface area (Å²) in [4.78, 5) is 16.5. The minimum Gasteiger partial charge on any atom is -0.348 e. The molecule has 6 heteroatoms. The Morgan fingerprint density at radius 3 is 2.60 bits per heavy atom. The maximum absolute atomic E-state index is 12.1. The van der Waals surface area contributed by atoms with Crippen LogP contribution in [0.5, 0.6) is 0 Å². The Morgan fingerprint density at radius 2 is 1.95 bits per heavy atom. The predicted molar refractivity (Wildman–Crippen MR) is 85.7 cm³/mol. The molecular formula is C14H24ClN3OS. The summed E-state index contributed by atoms with van der Waals surface area (Å²) < 4.78 is 0. The third-order valence-electron chi connectivity index (χ3n) is 3.58. The molecule has 1 aromatic heterocycles. The summed E-state index contributed by atoms with van der Waals surface area (Å²) in [6, 6.07) is 0.326. The number of nitrogens with one attached hydrogen (secondary N) is 1. The fraction of sp³-hybridized carbons (Fsp3) is 0.714. The molecular weight excluding hydrogens is 294 g/mol. The quantitative estimate of drug-likeness (QED) is 0.897. The van der Waals surface area contributed by atoms with E-state index in [1.807, 2.05) is 5.38 Å². The van der Waals surface area contributed by atoms with Crippen molar-refractivity contribution < 1.29 is 4.79 Å². The summed E-state index contributed by atoms with van der Waals surface area (Å²) in [6.45, 7) is 0.581. The van der Waals surface area contributed by atoms with Gasteiger partial charge in [0.15, 0.2) is 0 Å². The van der Waals surface area contributed by atoms with Crippen molar-refractivity contribution in [2.45, 2.75) is 57.4 Å². The molecule has 1 heterocycles. The average Bonchev–Trinajstić information content (AvgIpc) is 2.81. The molecule has 1 aliphatic rings. The SMILES string of the molecule is Cl.NCCc1nc(C(=O)NC2CCCCCCC2)cs1. The van der Waals surface area contributed by atoms with Gasteiger partial charge in [0.25, 0.3) is 5.91 Å². The molecule has 4 nitrogen and oxygen atoms in total. The van der Waals surface area contributed by atoms with Crippen LogP contribution in [0.1, 0.15) is 60.4 Å². The van der Waals surface area contributed by atoms with E-state index in [1.165, 1.54) is 43.4 Å². The number of thiazole rings is 1. The van der Waals surface area contributed by atoms with E-state index in [9.17, 15) is 4.79 Å². The first kappa shape index (κ1) is 17.4. The molecule has 0 unspecified atom stereocenters. The molecule has 0 atom stereocenters. The number of hydrogen-bond donors (Lipinski definition) is 2. The zero-order valence-corrected chi connectivity index (χ0v) is 13.4. The molecule has 20 heavy (non-hydrogen) atoms. The van der Waals surface area contributed by atoms with Crippen LogP contribution in [0.4, 0.5) is 0 Å². The van der Waals surface area contributed by atoms with Crippen molar-refractivity contribution in [2.75, 3.05) is 6.54 Å². The van der Waals surface area contributed by atoms with Gasteiger partial charge < -0.3 is 11.1 Å². The van der Waals surface area contributed by atoms with E-state index in [0.717, 1.165) is 24.3 Å². The van der Waals surface area contributed by atoms with E-state index < -0.39 is 0 Å². The fourth-order valence-corrected chi connectivity index (χ4v) is 3.31. The first-order valence-corrected chi connectivity index (χ1v) is 8.13. The molecule has 1 aromatic rings. The monoisotopic (exact) mass is 317 g/mol. The topological polar surface area (TPSA) is 68.0 Å². The van der Waals surface area contributed by atoms with Gasteiger partial charge in [0.05, 0.1) is 5.01 Å². The van der Waals surface area contributed by atoms with Crippen LogP contribution in [0.2, 0.25) is 0 Å². The first-order valence-electron chi connectivity index (χ1n) is 7.25. The third kappa shape index (κ3) is 5.38. The lowest BCUT2D eigenvalue weighted by molar-refractivity contribution is 0.0926. The van der Waals surface area contributed by atoms with Crippen LogP contribution < -0.4 is 11.1 Å². The zero-order chi connectivity index (χ0) is 13.5. The molecule has 1 fully saturated rings. The van der Waals surface area contributed by atoms with Gasteiger partial charge >= 0.3 is 0 Å². The number of hydrogen-bond acceptors (Lipinski definition) is 4. The molecule has 2 rings (SSSR count).